The number of piperidine rings is 1. The number of alkyl halides is 3. The molecule has 2 atom stereocenters. The highest BCUT2D eigenvalue weighted by atomic mass is 35.5. The summed E-state index contributed by atoms with van der Waals surface area (Å²) in [6, 6.07) is -0.191. The van der Waals surface area contributed by atoms with Crippen molar-refractivity contribution in [3.05, 3.63) is 39.5 Å². The lowest BCUT2D eigenvalue weighted by Crippen LogP contribution is -2.47. The van der Waals surface area contributed by atoms with E-state index in [2.05, 4.69) is 25.5 Å². The fourth-order valence-corrected chi connectivity index (χ4v) is 4.40. The fourth-order valence-electron chi connectivity index (χ4n) is 4.25. The summed E-state index contributed by atoms with van der Waals surface area (Å²) in [5.74, 6) is 0.180. The van der Waals surface area contributed by atoms with Crippen LogP contribution in [0, 0.1) is 0 Å². The van der Waals surface area contributed by atoms with Crippen LogP contribution in [0.5, 0.6) is 0 Å². The van der Waals surface area contributed by atoms with Crippen molar-refractivity contribution in [2.24, 2.45) is 0 Å². The van der Waals surface area contributed by atoms with Gasteiger partial charge in [0.25, 0.3) is 11.5 Å². The largest absolute Gasteiger partial charge is 0.419 e. The summed E-state index contributed by atoms with van der Waals surface area (Å²) in [6.07, 6.45) is -0.148. The number of ether oxygens (including phenoxy) is 1. The number of hydrogen-bond acceptors (Lipinski definition) is 8. The maximum atomic E-state index is 12.9. The highest BCUT2D eigenvalue weighted by Crippen LogP contribution is 2.29. The molecule has 2 aromatic heterocycles. The highest BCUT2D eigenvalue weighted by Gasteiger charge is 2.38. The molecule has 14 heteroatoms. The first kappa shape index (κ1) is 25.2. The van der Waals surface area contributed by atoms with Crippen LogP contribution in [0.3, 0.4) is 0 Å². The number of aromatic amines is 1. The van der Waals surface area contributed by atoms with E-state index in [0.29, 0.717) is 44.6 Å². The summed E-state index contributed by atoms with van der Waals surface area (Å²) in [6.45, 7) is 3.73. The number of carbonyl (C=O) groups excluding carboxylic acids is 1. The Morgan fingerprint density at radius 2 is 1.86 bits per heavy atom. The zero-order chi connectivity index (χ0) is 25.2. The minimum atomic E-state index is -4.47. The van der Waals surface area contributed by atoms with Gasteiger partial charge in [-0.3, -0.25) is 9.59 Å². The van der Waals surface area contributed by atoms with E-state index in [-0.39, 0.29) is 35.6 Å². The Hall–Kier alpha value is -2.93. The van der Waals surface area contributed by atoms with Crippen molar-refractivity contribution in [3.63, 3.8) is 0 Å². The van der Waals surface area contributed by atoms with E-state index < -0.39 is 23.4 Å². The normalized spacial score (nSPS) is 20.4. The molecule has 0 spiro atoms. The van der Waals surface area contributed by atoms with Crippen molar-refractivity contribution >= 4 is 29.1 Å². The van der Waals surface area contributed by atoms with E-state index in [1.807, 2.05) is 16.7 Å². The molecular formula is C21H25ClF3N7O3. The Balaban J connectivity index is 1.24. The molecular weight excluding hydrogens is 491 g/mol. The summed E-state index contributed by atoms with van der Waals surface area (Å²) >= 11 is 5.96. The van der Waals surface area contributed by atoms with Crippen molar-refractivity contribution < 1.29 is 22.7 Å². The zero-order valence-electron chi connectivity index (χ0n) is 18.9. The van der Waals surface area contributed by atoms with Gasteiger partial charge in [-0.05, 0) is 19.8 Å². The Morgan fingerprint density at radius 1 is 1.17 bits per heavy atom. The molecule has 2 fully saturated rings. The van der Waals surface area contributed by atoms with Crippen LogP contribution >= 0.6 is 11.6 Å². The average molecular weight is 516 g/mol. The van der Waals surface area contributed by atoms with Gasteiger partial charge in [0.15, 0.2) is 0 Å². The maximum absolute atomic E-state index is 12.9. The van der Waals surface area contributed by atoms with Gasteiger partial charge in [-0.25, -0.2) is 15.1 Å². The second-order valence-electron chi connectivity index (χ2n) is 8.60. The van der Waals surface area contributed by atoms with Crippen molar-refractivity contribution in [1.82, 2.24) is 25.1 Å². The molecule has 2 N–H and O–H groups in total. The van der Waals surface area contributed by atoms with Crippen LogP contribution in [-0.4, -0.2) is 75.4 Å². The molecule has 2 saturated heterocycles. The molecule has 1 amide bonds. The van der Waals surface area contributed by atoms with Gasteiger partial charge in [0.2, 0.25) is 5.95 Å². The summed E-state index contributed by atoms with van der Waals surface area (Å²) in [5, 5.41) is 9.00. The van der Waals surface area contributed by atoms with Gasteiger partial charge in [0, 0.05) is 50.5 Å². The predicted octanol–water partition coefficient (Wildman–Crippen LogP) is 2.32. The lowest BCUT2D eigenvalue weighted by Gasteiger charge is -2.36. The number of nitrogens with one attached hydrogen (secondary N) is 2. The van der Waals surface area contributed by atoms with E-state index in [0.717, 1.165) is 12.4 Å². The van der Waals surface area contributed by atoms with Crippen LogP contribution in [0.15, 0.2) is 23.4 Å². The molecule has 2 aromatic rings. The zero-order valence-corrected chi connectivity index (χ0v) is 19.6. The first-order valence-electron chi connectivity index (χ1n) is 11.2. The lowest BCUT2D eigenvalue weighted by atomic mass is 10.0. The molecule has 10 nitrogen and oxygen atoms in total. The molecule has 0 aliphatic carbocycles. The van der Waals surface area contributed by atoms with Gasteiger partial charge in [-0.2, -0.15) is 18.3 Å². The Bertz CT molecular complexity index is 1090. The Labute approximate surface area is 203 Å². The van der Waals surface area contributed by atoms with Crippen LogP contribution in [0.4, 0.5) is 24.8 Å². The second kappa shape index (κ2) is 10.4. The van der Waals surface area contributed by atoms with Crippen molar-refractivity contribution in [2.75, 3.05) is 36.5 Å². The molecule has 0 bridgehead atoms. The first-order valence-corrected chi connectivity index (χ1v) is 11.6. The molecule has 0 radical (unpaired) electrons. The van der Waals surface area contributed by atoms with E-state index in [1.165, 1.54) is 6.20 Å². The summed E-state index contributed by atoms with van der Waals surface area (Å²) in [7, 11) is 0. The summed E-state index contributed by atoms with van der Waals surface area (Å²) < 4.78 is 44.0. The van der Waals surface area contributed by atoms with Gasteiger partial charge in [-0.15, -0.1) is 0 Å². The van der Waals surface area contributed by atoms with Gasteiger partial charge < -0.3 is 19.9 Å². The van der Waals surface area contributed by atoms with Crippen molar-refractivity contribution in [2.45, 2.75) is 50.6 Å². The van der Waals surface area contributed by atoms with Crippen LogP contribution in [0.25, 0.3) is 0 Å². The smallest absolute Gasteiger partial charge is 0.378 e. The molecule has 2 unspecified atom stereocenters. The van der Waals surface area contributed by atoms with Crippen molar-refractivity contribution in [3.8, 4) is 0 Å². The third-order valence-corrected chi connectivity index (χ3v) is 6.46. The minimum Gasteiger partial charge on any atom is -0.378 e. The molecule has 0 aromatic carbocycles. The fraction of sp³-hybridized carbons (Fsp3) is 0.571. The lowest BCUT2D eigenvalue weighted by molar-refractivity contribution is -0.139. The topological polar surface area (TPSA) is 116 Å². The van der Waals surface area contributed by atoms with Gasteiger partial charge >= 0.3 is 6.18 Å². The molecule has 0 saturated carbocycles. The van der Waals surface area contributed by atoms with Gasteiger partial charge in [0.1, 0.15) is 11.1 Å². The van der Waals surface area contributed by atoms with E-state index in [1.54, 1.807) is 0 Å². The molecule has 2 aliphatic heterocycles. The third kappa shape index (κ3) is 5.84. The van der Waals surface area contributed by atoms with Gasteiger partial charge in [-0.1, -0.05) is 11.6 Å². The summed E-state index contributed by atoms with van der Waals surface area (Å²) in [4.78, 5) is 35.8. The predicted molar refractivity (Wildman–Crippen MR) is 121 cm³/mol. The van der Waals surface area contributed by atoms with E-state index >= 15 is 0 Å². The number of carbonyl (C=O) groups is 1. The van der Waals surface area contributed by atoms with Crippen LogP contribution in [0.1, 0.15) is 31.7 Å². The number of nitrogens with zero attached hydrogens (tertiary/aromatic N) is 5. The Kier molecular flexibility index (Phi) is 7.45. The second-order valence-corrected chi connectivity index (χ2v) is 8.98. The molecule has 35 heavy (non-hydrogen) atoms. The molecule has 2 aliphatic rings. The van der Waals surface area contributed by atoms with Crippen LogP contribution in [0.2, 0.25) is 5.02 Å². The van der Waals surface area contributed by atoms with E-state index in [4.69, 9.17) is 16.3 Å². The van der Waals surface area contributed by atoms with Gasteiger partial charge in [0.05, 0.1) is 24.1 Å². The Morgan fingerprint density at radius 3 is 2.51 bits per heavy atom. The minimum absolute atomic E-state index is 0.00278. The quantitative estimate of drug-likeness (QED) is 0.577. The molecule has 190 valence electrons. The average Bonchev–Trinajstić information content (AvgIpc) is 3.20. The SMILES string of the molecule is CC(COC1CCN(C2CCN(c3ncc(C(F)(F)F)cn3)CC2)C1=O)Nc1cn[nH]c(=O)c1Cl. The first-order chi connectivity index (χ1) is 16.6. The van der Waals surface area contributed by atoms with E-state index in [9.17, 15) is 22.8 Å². The van der Waals surface area contributed by atoms with Crippen LogP contribution in [-0.2, 0) is 15.7 Å². The van der Waals surface area contributed by atoms with Crippen molar-refractivity contribution in [1.29, 1.82) is 0 Å². The monoisotopic (exact) mass is 515 g/mol. The van der Waals surface area contributed by atoms with Crippen LogP contribution < -0.4 is 15.8 Å². The number of H-pyrrole nitrogens is 1. The number of likely N-dealkylation sites (tertiary alicyclic amines) is 1. The summed E-state index contributed by atoms with van der Waals surface area (Å²) in [5.41, 5.74) is -0.997. The maximum Gasteiger partial charge on any atom is 0.419 e. The number of halogens is 4. The number of rotatable bonds is 7. The number of amides is 1. The number of anilines is 2. The highest BCUT2D eigenvalue weighted by molar-refractivity contribution is 6.32. The number of aromatic nitrogens is 4. The molecule has 4 heterocycles. The number of hydrogen-bond donors (Lipinski definition) is 2. The molecule has 4 rings (SSSR count). The third-order valence-electron chi connectivity index (χ3n) is 6.09. The standard InChI is InChI=1S/C21H25ClF3N7O3/c1-12(29-15-10-28-30-18(33)17(15)22)11-35-16-4-7-32(19(16)34)14-2-5-31(6-3-14)20-26-8-13(9-27-20)21(23,24)25/h8-10,12,14,16H,2-7,11H2,1H3,(H2,29,30,33).